The normalized spacial score (nSPS) is 15.2. The molecule has 2 aromatic heterocycles. The third-order valence-electron chi connectivity index (χ3n) is 5.30. The first-order valence-corrected chi connectivity index (χ1v) is 11.3. The van der Waals surface area contributed by atoms with Gasteiger partial charge in [-0.1, -0.05) is 18.2 Å². The van der Waals surface area contributed by atoms with Crippen molar-refractivity contribution in [3.05, 3.63) is 60.2 Å². The lowest BCUT2D eigenvalue weighted by atomic mass is 10.3. The molecule has 0 bridgehead atoms. The monoisotopic (exact) mass is 444 g/mol. The Morgan fingerprint density at radius 1 is 1.10 bits per heavy atom. The van der Waals surface area contributed by atoms with Crippen LogP contribution in [0.4, 0.5) is 0 Å². The first kappa shape index (κ1) is 21.1. The smallest absolute Gasteiger partial charge is 0.274 e. The van der Waals surface area contributed by atoms with E-state index in [1.165, 1.54) is 15.2 Å². The third-order valence-corrected chi connectivity index (χ3v) is 7.30. The SMILES string of the molecule is Cc1c(S(=O)(=O)N2CCN(C(=O)c3ccn(COc4ccccc4)n3)CC2)cnn1C. The number of hydrogen-bond acceptors (Lipinski definition) is 6. The van der Waals surface area contributed by atoms with E-state index >= 15 is 0 Å². The minimum absolute atomic E-state index is 0.188. The lowest BCUT2D eigenvalue weighted by Crippen LogP contribution is -2.50. The standard InChI is InChI=1S/C20H24N6O4S/c1-16-19(14-21-23(16)2)31(28,29)26-12-10-24(11-13-26)20(27)18-8-9-25(22-18)15-30-17-6-4-3-5-7-17/h3-9,14H,10-13,15H2,1-2H3. The summed E-state index contributed by atoms with van der Waals surface area (Å²) in [6, 6.07) is 11.0. The molecule has 0 unspecified atom stereocenters. The molecular formula is C20H24N6O4S. The van der Waals surface area contributed by atoms with Gasteiger partial charge < -0.3 is 9.64 Å². The maximum absolute atomic E-state index is 12.9. The number of sulfonamides is 1. The molecule has 4 rings (SSSR count). The largest absolute Gasteiger partial charge is 0.471 e. The first-order chi connectivity index (χ1) is 14.9. The number of carbonyl (C=O) groups is 1. The highest BCUT2D eigenvalue weighted by atomic mass is 32.2. The molecule has 1 aliphatic rings. The second-order valence-corrected chi connectivity index (χ2v) is 9.15. The summed E-state index contributed by atoms with van der Waals surface area (Å²) in [5, 5.41) is 8.31. The van der Waals surface area contributed by atoms with Crippen LogP contribution in [0, 0.1) is 6.92 Å². The predicted octanol–water partition coefficient (Wildman–Crippen LogP) is 1.11. The molecule has 1 aromatic carbocycles. The molecule has 1 amide bonds. The van der Waals surface area contributed by atoms with E-state index in [9.17, 15) is 13.2 Å². The van der Waals surface area contributed by atoms with Crippen molar-refractivity contribution in [2.45, 2.75) is 18.6 Å². The third kappa shape index (κ3) is 4.32. The highest BCUT2D eigenvalue weighted by Crippen LogP contribution is 2.21. The van der Waals surface area contributed by atoms with E-state index in [1.807, 2.05) is 30.3 Å². The maximum Gasteiger partial charge on any atom is 0.274 e. The zero-order chi connectivity index (χ0) is 22.0. The molecule has 1 aliphatic heterocycles. The van der Waals surface area contributed by atoms with Crippen LogP contribution >= 0.6 is 0 Å². The fourth-order valence-electron chi connectivity index (χ4n) is 3.37. The lowest BCUT2D eigenvalue weighted by molar-refractivity contribution is 0.0690. The summed E-state index contributed by atoms with van der Waals surface area (Å²) in [6.45, 7) is 2.95. The summed E-state index contributed by atoms with van der Waals surface area (Å²) in [5.74, 6) is 0.486. The van der Waals surface area contributed by atoms with Crippen molar-refractivity contribution in [2.24, 2.45) is 7.05 Å². The molecule has 0 atom stereocenters. The number of para-hydroxylation sites is 1. The minimum Gasteiger partial charge on any atom is -0.471 e. The number of rotatable bonds is 6. The number of piperazine rings is 1. The average molecular weight is 445 g/mol. The van der Waals surface area contributed by atoms with Gasteiger partial charge in [0.1, 0.15) is 10.6 Å². The molecule has 3 aromatic rings. The van der Waals surface area contributed by atoms with Gasteiger partial charge in [0.25, 0.3) is 5.91 Å². The Balaban J connectivity index is 1.35. The molecule has 11 heteroatoms. The van der Waals surface area contributed by atoms with Crippen LogP contribution in [0.25, 0.3) is 0 Å². The predicted molar refractivity (Wildman–Crippen MR) is 112 cm³/mol. The van der Waals surface area contributed by atoms with Crippen LogP contribution in [0.5, 0.6) is 5.75 Å². The van der Waals surface area contributed by atoms with E-state index in [1.54, 1.807) is 35.8 Å². The van der Waals surface area contributed by atoms with Gasteiger partial charge in [-0.05, 0) is 25.1 Å². The molecule has 0 N–H and O–H groups in total. The molecule has 0 radical (unpaired) electrons. The molecule has 0 saturated carbocycles. The molecular weight excluding hydrogens is 420 g/mol. The quantitative estimate of drug-likeness (QED) is 0.564. The van der Waals surface area contributed by atoms with Gasteiger partial charge in [0.2, 0.25) is 10.0 Å². The van der Waals surface area contributed by atoms with Crippen molar-refractivity contribution in [2.75, 3.05) is 26.2 Å². The van der Waals surface area contributed by atoms with E-state index < -0.39 is 10.0 Å². The molecule has 1 fully saturated rings. The summed E-state index contributed by atoms with van der Waals surface area (Å²) in [5.41, 5.74) is 0.887. The van der Waals surface area contributed by atoms with E-state index in [2.05, 4.69) is 10.2 Å². The molecule has 0 aliphatic carbocycles. The zero-order valence-electron chi connectivity index (χ0n) is 17.4. The van der Waals surface area contributed by atoms with Crippen LogP contribution in [0.2, 0.25) is 0 Å². The van der Waals surface area contributed by atoms with Gasteiger partial charge in [-0.3, -0.25) is 9.48 Å². The first-order valence-electron chi connectivity index (χ1n) is 9.85. The summed E-state index contributed by atoms with van der Waals surface area (Å²) >= 11 is 0. The van der Waals surface area contributed by atoms with Crippen molar-refractivity contribution in [1.29, 1.82) is 0 Å². The Bertz CT molecular complexity index is 1160. The number of carbonyl (C=O) groups excluding carboxylic acids is 1. The summed E-state index contributed by atoms with van der Waals surface area (Å²) in [7, 11) is -1.94. The number of ether oxygens (including phenoxy) is 1. The van der Waals surface area contributed by atoms with Gasteiger partial charge in [-0.15, -0.1) is 0 Å². The van der Waals surface area contributed by atoms with E-state index in [4.69, 9.17) is 4.74 Å². The van der Waals surface area contributed by atoms with Crippen LogP contribution in [0.3, 0.4) is 0 Å². The second kappa shape index (κ2) is 8.52. The Morgan fingerprint density at radius 2 is 1.81 bits per heavy atom. The Hall–Kier alpha value is -3.18. The van der Waals surface area contributed by atoms with E-state index in [-0.39, 0.29) is 30.6 Å². The molecule has 1 saturated heterocycles. The lowest BCUT2D eigenvalue weighted by Gasteiger charge is -2.33. The Kier molecular flexibility index (Phi) is 5.79. The number of nitrogens with zero attached hydrogens (tertiary/aromatic N) is 6. The molecule has 0 spiro atoms. The summed E-state index contributed by atoms with van der Waals surface area (Å²) in [4.78, 5) is 14.6. The highest BCUT2D eigenvalue weighted by molar-refractivity contribution is 7.89. The Labute approximate surface area is 180 Å². The number of hydrogen-bond donors (Lipinski definition) is 0. The van der Waals surface area contributed by atoms with Gasteiger partial charge in [0, 0.05) is 39.4 Å². The maximum atomic E-state index is 12.9. The number of benzene rings is 1. The van der Waals surface area contributed by atoms with E-state index in [0.717, 1.165) is 0 Å². The number of aromatic nitrogens is 4. The van der Waals surface area contributed by atoms with Gasteiger partial charge >= 0.3 is 0 Å². The Morgan fingerprint density at radius 3 is 2.45 bits per heavy atom. The average Bonchev–Trinajstić information content (AvgIpc) is 3.40. The molecule has 3 heterocycles. The van der Waals surface area contributed by atoms with E-state index in [0.29, 0.717) is 30.2 Å². The van der Waals surface area contributed by atoms with Crippen LogP contribution < -0.4 is 4.74 Å². The summed E-state index contributed by atoms with van der Waals surface area (Å²) < 4.78 is 35.9. The summed E-state index contributed by atoms with van der Waals surface area (Å²) in [6.07, 6.45) is 3.05. The second-order valence-electron chi connectivity index (χ2n) is 7.24. The molecule has 31 heavy (non-hydrogen) atoms. The molecule has 164 valence electrons. The topological polar surface area (TPSA) is 103 Å². The van der Waals surface area contributed by atoms with Crippen LogP contribution in [-0.2, 0) is 23.8 Å². The fourth-order valence-corrected chi connectivity index (χ4v) is 4.98. The van der Waals surface area contributed by atoms with Crippen molar-refractivity contribution >= 4 is 15.9 Å². The van der Waals surface area contributed by atoms with Crippen molar-refractivity contribution in [3.63, 3.8) is 0 Å². The minimum atomic E-state index is -3.64. The molecule has 10 nitrogen and oxygen atoms in total. The van der Waals surface area contributed by atoms with Crippen LogP contribution in [0.1, 0.15) is 16.2 Å². The van der Waals surface area contributed by atoms with Crippen LogP contribution in [-0.4, -0.2) is 69.3 Å². The van der Waals surface area contributed by atoms with Gasteiger partial charge in [-0.2, -0.15) is 14.5 Å². The fraction of sp³-hybridized carbons (Fsp3) is 0.350. The van der Waals surface area contributed by atoms with Gasteiger partial charge in [0.15, 0.2) is 12.4 Å². The highest BCUT2D eigenvalue weighted by Gasteiger charge is 2.33. The van der Waals surface area contributed by atoms with Crippen LogP contribution in [0.15, 0.2) is 53.7 Å². The van der Waals surface area contributed by atoms with Gasteiger partial charge in [-0.25, -0.2) is 13.1 Å². The number of amides is 1. The zero-order valence-corrected chi connectivity index (χ0v) is 18.2. The van der Waals surface area contributed by atoms with Crippen molar-refractivity contribution in [3.8, 4) is 5.75 Å². The van der Waals surface area contributed by atoms with Gasteiger partial charge in [0.05, 0.1) is 11.9 Å². The van der Waals surface area contributed by atoms with Crippen molar-refractivity contribution < 1.29 is 17.9 Å². The number of aryl methyl sites for hydroxylation is 1. The van der Waals surface area contributed by atoms with Crippen molar-refractivity contribution in [1.82, 2.24) is 28.8 Å².